The Kier molecular flexibility index (Phi) is 4.39. The minimum atomic E-state index is -0.210. The molecule has 0 atom stereocenters. The number of hydrogen-bond donors (Lipinski definition) is 1. The van der Waals surface area contributed by atoms with Crippen LogP contribution in [0.3, 0.4) is 0 Å². The van der Waals surface area contributed by atoms with Crippen molar-refractivity contribution in [3.05, 3.63) is 46.5 Å². The molecule has 0 radical (unpaired) electrons. The van der Waals surface area contributed by atoms with Crippen LogP contribution in [-0.2, 0) is 6.67 Å². The molecule has 7 heteroatoms. The molecule has 0 saturated carbocycles. The van der Waals surface area contributed by atoms with Crippen LogP contribution in [0.2, 0.25) is 0 Å². The quantitative estimate of drug-likeness (QED) is 0.847. The normalized spacial score (nSPS) is 10.6. The third-order valence-corrected chi connectivity index (χ3v) is 4.00. The molecule has 0 fully saturated rings. The largest absolute Gasteiger partial charge is 0.347 e. The predicted octanol–water partition coefficient (Wildman–Crippen LogP) is 1.88. The van der Waals surface area contributed by atoms with Gasteiger partial charge < -0.3 is 5.32 Å². The van der Waals surface area contributed by atoms with Gasteiger partial charge in [0.1, 0.15) is 12.4 Å². The van der Waals surface area contributed by atoms with Crippen LogP contribution in [0.1, 0.15) is 21.9 Å². The molecule has 2 heterocycles. The first-order chi connectivity index (χ1) is 9.52. The van der Waals surface area contributed by atoms with E-state index >= 15 is 0 Å². The van der Waals surface area contributed by atoms with Gasteiger partial charge in [-0.1, -0.05) is 6.08 Å². The van der Waals surface area contributed by atoms with Crippen LogP contribution in [0, 0.1) is 13.8 Å². The monoisotopic (exact) mass is 337 g/mol. The average Bonchev–Trinajstić information content (AvgIpc) is 2.98. The number of halogens is 1. The Balaban J connectivity index is 2.11. The van der Waals surface area contributed by atoms with Gasteiger partial charge in [0.25, 0.3) is 5.91 Å². The van der Waals surface area contributed by atoms with Crippen molar-refractivity contribution in [1.82, 2.24) is 24.9 Å². The Hall–Kier alpha value is -1.89. The highest BCUT2D eigenvalue weighted by atomic mass is 79.9. The Morgan fingerprint density at radius 3 is 2.85 bits per heavy atom. The topological polar surface area (TPSA) is 64.7 Å². The molecule has 6 nitrogen and oxygen atoms in total. The minimum absolute atomic E-state index is 0.210. The number of amides is 1. The Labute approximate surface area is 125 Å². The zero-order valence-electron chi connectivity index (χ0n) is 11.4. The molecule has 0 saturated heterocycles. The van der Waals surface area contributed by atoms with Crippen LogP contribution in [0.15, 0.2) is 29.4 Å². The van der Waals surface area contributed by atoms with Crippen LogP contribution >= 0.6 is 15.9 Å². The lowest BCUT2D eigenvalue weighted by atomic mass is 10.4. The molecule has 0 aliphatic carbocycles. The maximum Gasteiger partial charge on any atom is 0.272 e. The van der Waals surface area contributed by atoms with Gasteiger partial charge in [0, 0.05) is 12.7 Å². The fourth-order valence-electron chi connectivity index (χ4n) is 1.77. The second kappa shape index (κ2) is 6.04. The highest BCUT2D eigenvalue weighted by Gasteiger charge is 2.11. The minimum Gasteiger partial charge on any atom is -0.347 e. The van der Waals surface area contributed by atoms with E-state index in [0.29, 0.717) is 18.9 Å². The van der Waals surface area contributed by atoms with Gasteiger partial charge in [-0.05, 0) is 35.8 Å². The van der Waals surface area contributed by atoms with Crippen molar-refractivity contribution >= 4 is 21.8 Å². The summed E-state index contributed by atoms with van der Waals surface area (Å²) < 4.78 is 4.50. The number of carbonyl (C=O) groups excluding carboxylic acids is 1. The van der Waals surface area contributed by atoms with Crippen molar-refractivity contribution in [3.8, 4) is 0 Å². The summed E-state index contributed by atoms with van der Waals surface area (Å²) in [6.45, 7) is 8.36. The summed E-state index contributed by atoms with van der Waals surface area (Å²) in [6, 6.07) is 1.68. The third kappa shape index (κ3) is 2.98. The molecule has 2 rings (SSSR count). The molecule has 2 aromatic rings. The van der Waals surface area contributed by atoms with Gasteiger partial charge in [-0.25, -0.2) is 4.68 Å². The fourth-order valence-corrected chi connectivity index (χ4v) is 2.05. The molecule has 2 aromatic heterocycles. The number of rotatable bonds is 5. The van der Waals surface area contributed by atoms with Gasteiger partial charge in [-0.15, -0.1) is 6.58 Å². The molecule has 20 heavy (non-hydrogen) atoms. The molecule has 106 valence electrons. The third-order valence-electron chi connectivity index (χ3n) is 2.85. The van der Waals surface area contributed by atoms with E-state index in [1.165, 1.54) is 0 Å². The van der Waals surface area contributed by atoms with E-state index in [1.807, 2.05) is 18.5 Å². The van der Waals surface area contributed by atoms with E-state index in [1.54, 1.807) is 23.0 Å². The second-order valence-electron chi connectivity index (χ2n) is 4.36. The van der Waals surface area contributed by atoms with Crippen LogP contribution in [0.4, 0.5) is 0 Å². The number of nitrogens with one attached hydrogen (secondary N) is 1. The maximum atomic E-state index is 11.7. The summed E-state index contributed by atoms with van der Waals surface area (Å²) in [7, 11) is 0. The summed E-state index contributed by atoms with van der Waals surface area (Å²) >= 11 is 3.48. The maximum absolute atomic E-state index is 11.7. The van der Waals surface area contributed by atoms with Crippen LogP contribution in [0.25, 0.3) is 0 Å². The second-order valence-corrected chi connectivity index (χ2v) is 5.16. The van der Waals surface area contributed by atoms with E-state index in [2.05, 4.69) is 38.0 Å². The zero-order chi connectivity index (χ0) is 14.7. The number of aromatic nitrogens is 4. The van der Waals surface area contributed by atoms with E-state index in [9.17, 15) is 4.79 Å². The molecule has 0 aliphatic rings. The lowest BCUT2D eigenvalue weighted by molar-refractivity contribution is 0.0952. The van der Waals surface area contributed by atoms with Crippen LogP contribution in [-0.4, -0.2) is 32.0 Å². The first kappa shape index (κ1) is 14.5. The standard InChI is InChI=1S/C13H16BrN5O/c1-4-6-15-13(20)11-5-7-18(17-11)8-19-10(3)12(14)9(2)16-19/h4-5,7H,1,6,8H2,2-3H3,(H,15,20). The number of hydrogen-bond acceptors (Lipinski definition) is 3. The first-order valence-electron chi connectivity index (χ1n) is 6.15. The lowest BCUT2D eigenvalue weighted by Crippen LogP contribution is -2.24. The predicted molar refractivity (Wildman–Crippen MR) is 79.6 cm³/mol. The Bertz CT molecular complexity index is 643. The first-order valence-corrected chi connectivity index (χ1v) is 6.94. The van der Waals surface area contributed by atoms with Gasteiger partial charge in [0.05, 0.1) is 15.9 Å². The van der Waals surface area contributed by atoms with Crippen molar-refractivity contribution in [1.29, 1.82) is 0 Å². The Morgan fingerprint density at radius 2 is 2.25 bits per heavy atom. The molecule has 0 unspecified atom stereocenters. The molecule has 0 spiro atoms. The number of carbonyl (C=O) groups is 1. The van der Waals surface area contributed by atoms with Crippen molar-refractivity contribution in [2.45, 2.75) is 20.5 Å². The van der Waals surface area contributed by atoms with Crippen molar-refractivity contribution < 1.29 is 4.79 Å². The summed E-state index contributed by atoms with van der Waals surface area (Å²) in [5.41, 5.74) is 2.33. The van der Waals surface area contributed by atoms with Gasteiger partial charge in [0.15, 0.2) is 0 Å². The molecular formula is C13H16BrN5O. The zero-order valence-corrected chi connectivity index (χ0v) is 13.0. The van der Waals surface area contributed by atoms with E-state index < -0.39 is 0 Å². The van der Waals surface area contributed by atoms with Crippen LogP contribution in [0.5, 0.6) is 0 Å². The van der Waals surface area contributed by atoms with Gasteiger partial charge in [-0.3, -0.25) is 9.48 Å². The summed E-state index contributed by atoms with van der Waals surface area (Å²) in [5, 5.41) is 11.3. The molecule has 0 bridgehead atoms. The van der Waals surface area contributed by atoms with E-state index in [0.717, 1.165) is 15.9 Å². The molecule has 1 amide bonds. The molecule has 0 aromatic carbocycles. The summed E-state index contributed by atoms with van der Waals surface area (Å²) in [5.74, 6) is -0.210. The van der Waals surface area contributed by atoms with E-state index in [-0.39, 0.29) is 5.91 Å². The smallest absolute Gasteiger partial charge is 0.272 e. The molecular weight excluding hydrogens is 322 g/mol. The summed E-state index contributed by atoms with van der Waals surface area (Å²) in [4.78, 5) is 11.7. The number of nitrogens with zero attached hydrogens (tertiary/aromatic N) is 4. The van der Waals surface area contributed by atoms with E-state index in [4.69, 9.17) is 0 Å². The Morgan fingerprint density at radius 1 is 1.50 bits per heavy atom. The average molecular weight is 338 g/mol. The highest BCUT2D eigenvalue weighted by Crippen LogP contribution is 2.19. The van der Waals surface area contributed by atoms with Crippen molar-refractivity contribution in [2.24, 2.45) is 0 Å². The fraction of sp³-hybridized carbons (Fsp3) is 0.308. The van der Waals surface area contributed by atoms with Crippen molar-refractivity contribution in [3.63, 3.8) is 0 Å². The van der Waals surface area contributed by atoms with Crippen LogP contribution < -0.4 is 5.32 Å². The summed E-state index contributed by atoms with van der Waals surface area (Å²) in [6.07, 6.45) is 3.38. The lowest BCUT2D eigenvalue weighted by Gasteiger charge is -2.04. The molecule has 1 N–H and O–H groups in total. The SMILES string of the molecule is C=CCNC(=O)c1ccn(Cn2nc(C)c(Br)c2C)n1. The van der Waals surface area contributed by atoms with Gasteiger partial charge >= 0.3 is 0 Å². The number of aryl methyl sites for hydroxylation is 1. The van der Waals surface area contributed by atoms with Gasteiger partial charge in [0.2, 0.25) is 0 Å². The van der Waals surface area contributed by atoms with Gasteiger partial charge in [-0.2, -0.15) is 10.2 Å². The molecule has 0 aliphatic heterocycles. The van der Waals surface area contributed by atoms with Crippen molar-refractivity contribution in [2.75, 3.05) is 6.54 Å². The highest BCUT2D eigenvalue weighted by molar-refractivity contribution is 9.10.